The van der Waals surface area contributed by atoms with E-state index in [1.54, 1.807) is 6.07 Å². The summed E-state index contributed by atoms with van der Waals surface area (Å²) in [6, 6.07) is 4.25. The molecule has 0 aliphatic heterocycles. The van der Waals surface area contributed by atoms with Crippen LogP contribution >= 0.6 is 0 Å². The highest BCUT2D eigenvalue weighted by atomic mass is 19.1. The summed E-state index contributed by atoms with van der Waals surface area (Å²) < 4.78 is 18.7. The number of aliphatic hydroxyl groups is 1. The predicted molar refractivity (Wildman–Crippen MR) is 74.9 cm³/mol. The first-order valence-electron chi connectivity index (χ1n) is 6.61. The van der Waals surface area contributed by atoms with Crippen LogP contribution in [0, 0.1) is 5.82 Å². The van der Waals surface area contributed by atoms with Crippen molar-refractivity contribution in [2.24, 2.45) is 0 Å². The molecule has 3 nitrogen and oxygen atoms in total. The number of aliphatic hydroxyl groups excluding tert-OH is 1. The van der Waals surface area contributed by atoms with Gasteiger partial charge in [-0.15, -0.1) is 0 Å². The Morgan fingerprint density at radius 1 is 1.32 bits per heavy atom. The SMILES string of the molecule is CCC(CC)(C(O)c1cc(F)ccc1OC)N(C)C. The molecule has 108 valence electrons. The van der Waals surface area contributed by atoms with E-state index in [9.17, 15) is 9.50 Å². The van der Waals surface area contributed by atoms with Gasteiger partial charge in [-0.05, 0) is 45.1 Å². The number of hydrogen-bond acceptors (Lipinski definition) is 3. The Kier molecular flexibility index (Phi) is 5.32. The van der Waals surface area contributed by atoms with Crippen LogP contribution in [0.3, 0.4) is 0 Å². The molecular formula is C15H24FNO2. The van der Waals surface area contributed by atoms with Crippen LogP contribution in [0.15, 0.2) is 18.2 Å². The monoisotopic (exact) mass is 269 g/mol. The van der Waals surface area contributed by atoms with Gasteiger partial charge < -0.3 is 14.7 Å². The average molecular weight is 269 g/mol. The second-order valence-electron chi connectivity index (χ2n) is 4.99. The third-order valence-electron chi connectivity index (χ3n) is 4.11. The van der Waals surface area contributed by atoms with E-state index in [2.05, 4.69) is 0 Å². The molecule has 19 heavy (non-hydrogen) atoms. The van der Waals surface area contributed by atoms with Crippen LogP contribution in [0.1, 0.15) is 38.4 Å². The van der Waals surface area contributed by atoms with Crippen molar-refractivity contribution < 1.29 is 14.2 Å². The summed E-state index contributed by atoms with van der Waals surface area (Å²) in [6.45, 7) is 4.05. The van der Waals surface area contributed by atoms with Gasteiger partial charge in [0.25, 0.3) is 0 Å². The number of hydrogen-bond donors (Lipinski definition) is 1. The molecule has 0 heterocycles. The molecule has 0 aliphatic rings. The van der Waals surface area contributed by atoms with E-state index in [-0.39, 0.29) is 5.82 Å². The van der Waals surface area contributed by atoms with Crippen molar-refractivity contribution in [3.63, 3.8) is 0 Å². The maximum Gasteiger partial charge on any atom is 0.124 e. The molecule has 1 aromatic carbocycles. The number of methoxy groups -OCH3 is 1. The number of likely N-dealkylation sites (N-methyl/N-ethyl adjacent to an activating group) is 1. The zero-order valence-corrected chi connectivity index (χ0v) is 12.4. The van der Waals surface area contributed by atoms with Crippen molar-refractivity contribution in [3.8, 4) is 5.75 Å². The predicted octanol–water partition coefficient (Wildman–Crippen LogP) is 2.99. The first kappa shape index (κ1) is 15.9. The van der Waals surface area contributed by atoms with E-state index >= 15 is 0 Å². The zero-order valence-electron chi connectivity index (χ0n) is 12.4. The minimum Gasteiger partial charge on any atom is -0.496 e. The van der Waals surface area contributed by atoms with Crippen molar-refractivity contribution in [3.05, 3.63) is 29.6 Å². The second kappa shape index (κ2) is 6.35. The lowest BCUT2D eigenvalue weighted by molar-refractivity contribution is -0.0162. The molecule has 1 atom stereocenters. The van der Waals surface area contributed by atoms with Gasteiger partial charge in [-0.25, -0.2) is 4.39 Å². The summed E-state index contributed by atoms with van der Waals surface area (Å²) in [7, 11) is 5.39. The summed E-state index contributed by atoms with van der Waals surface area (Å²) in [5, 5.41) is 10.7. The van der Waals surface area contributed by atoms with Crippen LogP contribution in [-0.4, -0.2) is 36.8 Å². The molecule has 0 saturated heterocycles. The third-order valence-corrected chi connectivity index (χ3v) is 4.11. The number of rotatable bonds is 6. The fraction of sp³-hybridized carbons (Fsp3) is 0.600. The first-order chi connectivity index (χ1) is 8.92. The Balaban J connectivity index is 3.30. The van der Waals surface area contributed by atoms with Crippen molar-refractivity contribution >= 4 is 0 Å². The van der Waals surface area contributed by atoms with Crippen LogP contribution in [0.2, 0.25) is 0 Å². The van der Waals surface area contributed by atoms with Crippen LogP contribution in [0.4, 0.5) is 4.39 Å². The van der Waals surface area contributed by atoms with Crippen LogP contribution in [0.25, 0.3) is 0 Å². The minimum atomic E-state index is -0.803. The van der Waals surface area contributed by atoms with Crippen LogP contribution in [0.5, 0.6) is 5.75 Å². The van der Waals surface area contributed by atoms with Gasteiger partial charge in [-0.3, -0.25) is 0 Å². The molecule has 0 fully saturated rings. The highest BCUT2D eigenvalue weighted by molar-refractivity contribution is 5.37. The van der Waals surface area contributed by atoms with E-state index in [0.717, 1.165) is 12.8 Å². The van der Waals surface area contributed by atoms with E-state index in [0.29, 0.717) is 11.3 Å². The van der Waals surface area contributed by atoms with Gasteiger partial charge in [-0.1, -0.05) is 13.8 Å². The van der Waals surface area contributed by atoms with Crippen molar-refractivity contribution in [1.82, 2.24) is 4.90 Å². The topological polar surface area (TPSA) is 32.7 Å². The molecule has 1 rings (SSSR count). The van der Waals surface area contributed by atoms with Gasteiger partial charge in [0.1, 0.15) is 17.7 Å². The normalized spacial score (nSPS) is 13.7. The highest BCUT2D eigenvalue weighted by Gasteiger charge is 2.39. The zero-order chi connectivity index (χ0) is 14.6. The van der Waals surface area contributed by atoms with Gasteiger partial charge >= 0.3 is 0 Å². The molecule has 0 radical (unpaired) electrons. The van der Waals surface area contributed by atoms with Gasteiger partial charge in [0.15, 0.2) is 0 Å². The lowest BCUT2D eigenvalue weighted by atomic mass is 9.81. The largest absolute Gasteiger partial charge is 0.496 e. The lowest BCUT2D eigenvalue weighted by Gasteiger charge is -2.43. The Morgan fingerprint density at radius 2 is 1.89 bits per heavy atom. The molecule has 0 amide bonds. The van der Waals surface area contributed by atoms with E-state index < -0.39 is 11.6 Å². The first-order valence-corrected chi connectivity index (χ1v) is 6.61. The highest BCUT2D eigenvalue weighted by Crippen LogP contribution is 2.39. The van der Waals surface area contributed by atoms with Crippen molar-refractivity contribution in [2.45, 2.75) is 38.3 Å². The van der Waals surface area contributed by atoms with Crippen LogP contribution in [-0.2, 0) is 0 Å². The lowest BCUT2D eigenvalue weighted by Crippen LogP contribution is -2.48. The fourth-order valence-electron chi connectivity index (χ4n) is 2.72. The molecule has 1 N–H and O–H groups in total. The Labute approximate surface area is 115 Å². The number of nitrogens with zero attached hydrogens (tertiary/aromatic N) is 1. The summed E-state index contributed by atoms with van der Waals surface area (Å²) in [6.07, 6.45) is 0.720. The standard InChI is InChI=1S/C15H24FNO2/c1-6-15(7-2,17(3)4)14(18)12-10-11(16)8-9-13(12)19-5/h8-10,14,18H,6-7H2,1-5H3. The van der Waals surface area contributed by atoms with Gasteiger partial charge in [0.2, 0.25) is 0 Å². The summed E-state index contributed by atoms with van der Waals surface area (Å²) in [5.41, 5.74) is 0.0704. The molecule has 0 saturated carbocycles. The van der Waals surface area contributed by atoms with E-state index in [1.807, 2.05) is 32.8 Å². The van der Waals surface area contributed by atoms with Gasteiger partial charge in [0.05, 0.1) is 12.6 Å². The molecule has 1 unspecified atom stereocenters. The number of halogens is 1. The molecule has 0 aromatic heterocycles. The van der Waals surface area contributed by atoms with Gasteiger partial charge in [-0.2, -0.15) is 0 Å². The summed E-state index contributed by atoms with van der Waals surface area (Å²) >= 11 is 0. The summed E-state index contributed by atoms with van der Waals surface area (Å²) in [5.74, 6) is 0.150. The maximum atomic E-state index is 13.5. The number of benzene rings is 1. The fourth-order valence-corrected chi connectivity index (χ4v) is 2.72. The molecule has 0 spiro atoms. The number of ether oxygens (including phenoxy) is 1. The third kappa shape index (κ3) is 2.90. The molecule has 0 bridgehead atoms. The molecule has 1 aromatic rings. The Hall–Kier alpha value is -1.13. The average Bonchev–Trinajstić information content (AvgIpc) is 2.40. The summed E-state index contributed by atoms with van der Waals surface area (Å²) in [4.78, 5) is 2.00. The Morgan fingerprint density at radius 3 is 2.32 bits per heavy atom. The minimum absolute atomic E-state index is 0.366. The molecule has 0 aliphatic carbocycles. The Bertz CT molecular complexity index is 417. The van der Waals surface area contributed by atoms with Crippen LogP contribution < -0.4 is 4.74 Å². The second-order valence-corrected chi connectivity index (χ2v) is 4.99. The van der Waals surface area contributed by atoms with Gasteiger partial charge in [0, 0.05) is 5.56 Å². The quantitative estimate of drug-likeness (QED) is 0.861. The molecule has 4 heteroatoms. The van der Waals surface area contributed by atoms with Crippen molar-refractivity contribution in [2.75, 3.05) is 21.2 Å². The van der Waals surface area contributed by atoms with E-state index in [4.69, 9.17) is 4.74 Å². The maximum absolute atomic E-state index is 13.5. The van der Waals surface area contributed by atoms with E-state index in [1.165, 1.54) is 19.2 Å². The smallest absolute Gasteiger partial charge is 0.124 e. The van der Waals surface area contributed by atoms with Crippen molar-refractivity contribution in [1.29, 1.82) is 0 Å². The molecular weight excluding hydrogens is 245 g/mol.